The number of hydrogen-bond donors (Lipinski definition) is 0. The topological polar surface area (TPSA) is 14.1 Å². The number of hydrogen-bond acceptors (Lipinski definition) is 0. The van der Waals surface area contributed by atoms with Gasteiger partial charge in [-0.1, -0.05) is 6.92 Å². The molecule has 6 heavy (non-hydrogen) atoms. The molecule has 0 aromatic rings. The molecule has 0 atom stereocenters. The van der Waals surface area contributed by atoms with E-state index in [1.54, 1.807) is 7.05 Å². The molecule has 2 heteroatoms. The van der Waals surface area contributed by atoms with E-state index >= 15 is 0 Å². The molecule has 0 aliphatic heterocycles. The largest absolute Gasteiger partial charge is 2.00 e. The van der Waals surface area contributed by atoms with Crippen LogP contribution in [0.15, 0.2) is 0 Å². The van der Waals surface area contributed by atoms with Crippen molar-refractivity contribution in [2.24, 2.45) is 0 Å². The van der Waals surface area contributed by atoms with Gasteiger partial charge in [-0.2, -0.15) is 13.6 Å². The van der Waals surface area contributed by atoms with Gasteiger partial charge in [0.15, 0.2) is 0 Å². The van der Waals surface area contributed by atoms with Gasteiger partial charge in [0.25, 0.3) is 0 Å². The summed E-state index contributed by atoms with van der Waals surface area (Å²) in [6, 6.07) is 0. The smallest absolute Gasteiger partial charge is 0.665 e. The van der Waals surface area contributed by atoms with Crippen molar-refractivity contribution in [3.8, 4) is 0 Å². The fraction of sp³-hybridized carbons (Fsp3) is 0.750. The molecule has 0 N–H and O–H groups in total. The SMILES string of the molecule is CC[N-]C.[CH3-].[Ti+2]. The molecular formula is C4H11NTi. The summed E-state index contributed by atoms with van der Waals surface area (Å²) in [5.74, 6) is 0. The molecule has 0 saturated heterocycles. The predicted octanol–water partition coefficient (Wildman–Crippen LogP) is 1.46. The Bertz CT molecular complexity index is 9.51. The van der Waals surface area contributed by atoms with Gasteiger partial charge in [-0.3, -0.25) is 0 Å². The maximum Gasteiger partial charge on any atom is 2.00 e. The Kier molecular flexibility index (Phi) is 46.0. The summed E-state index contributed by atoms with van der Waals surface area (Å²) >= 11 is 0. The van der Waals surface area contributed by atoms with Crippen LogP contribution in [0.4, 0.5) is 0 Å². The van der Waals surface area contributed by atoms with Crippen LogP contribution in [0.3, 0.4) is 0 Å². The Hall–Kier alpha value is 0.674. The molecule has 0 spiro atoms. The molecule has 0 unspecified atom stereocenters. The van der Waals surface area contributed by atoms with Gasteiger partial charge in [0.1, 0.15) is 0 Å². The van der Waals surface area contributed by atoms with Crippen LogP contribution >= 0.6 is 0 Å². The van der Waals surface area contributed by atoms with Crippen molar-refractivity contribution in [2.75, 3.05) is 13.6 Å². The Labute approximate surface area is 55.4 Å². The van der Waals surface area contributed by atoms with Crippen molar-refractivity contribution < 1.29 is 21.7 Å². The zero-order chi connectivity index (χ0) is 3.41. The van der Waals surface area contributed by atoms with Gasteiger partial charge in [-0.15, -0.1) is 0 Å². The molecule has 36 valence electrons. The van der Waals surface area contributed by atoms with E-state index in [0.29, 0.717) is 0 Å². The number of rotatable bonds is 1. The van der Waals surface area contributed by atoms with Crippen LogP contribution < -0.4 is 0 Å². The first-order valence-electron chi connectivity index (χ1n) is 1.47. The van der Waals surface area contributed by atoms with Crippen LogP contribution in [0.5, 0.6) is 0 Å². The third-order valence-electron chi connectivity index (χ3n) is 0.316. The standard InChI is InChI=1S/C3H8N.CH3.Ti/c1-3-4-2;;/h3H2,1-2H3;1H3;/q2*-1;+2. The van der Waals surface area contributed by atoms with Crippen LogP contribution in [0, 0.1) is 7.43 Å². The minimum atomic E-state index is 0. The molecule has 0 aliphatic rings. The molecule has 0 fully saturated rings. The quantitative estimate of drug-likeness (QED) is 0.368. The van der Waals surface area contributed by atoms with E-state index in [-0.39, 0.29) is 29.1 Å². The number of nitrogens with zero attached hydrogens (tertiary/aromatic N) is 1. The molecule has 0 aromatic carbocycles. The molecule has 0 bridgehead atoms. The monoisotopic (exact) mass is 121 g/mol. The Morgan fingerprint density at radius 1 is 1.50 bits per heavy atom. The first-order chi connectivity index (χ1) is 1.91. The summed E-state index contributed by atoms with van der Waals surface area (Å²) in [6.07, 6.45) is 0. The van der Waals surface area contributed by atoms with E-state index in [1.807, 2.05) is 6.92 Å². The van der Waals surface area contributed by atoms with Gasteiger partial charge in [0.05, 0.1) is 0 Å². The van der Waals surface area contributed by atoms with E-state index in [0.717, 1.165) is 6.54 Å². The fourth-order valence-corrected chi connectivity index (χ4v) is 0. The molecule has 0 radical (unpaired) electrons. The second kappa shape index (κ2) is 17.3. The summed E-state index contributed by atoms with van der Waals surface area (Å²) in [6.45, 7) is 2.96. The molecule has 0 rings (SSSR count). The van der Waals surface area contributed by atoms with E-state index in [4.69, 9.17) is 0 Å². The average Bonchev–Trinajstić information content (AvgIpc) is 1.37. The Morgan fingerprint density at radius 3 is 1.67 bits per heavy atom. The molecular weight excluding hydrogens is 110 g/mol. The molecule has 0 aromatic heterocycles. The summed E-state index contributed by atoms with van der Waals surface area (Å²) in [5.41, 5.74) is 0. The fourth-order valence-electron chi connectivity index (χ4n) is 0. The van der Waals surface area contributed by atoms with Gasteiger partial charge in [-0.05, 0) is 0 Å². The molecule has 0 saturated carbocycles. The minimum Gasteiger partial charge on any atom is -0.665 e. The summed E-state index contributed by atoms with van der Waals surface area (Å²) in [5, 5.41) is 3.74. The van der Waals surface area contributed by atoms with Crippen molar-refractivity contribution in [2.45, 2.75) is 6.92 Å². The average molecular weight is 121 g/mol. The van der Waals surface area contributed by atoms with Gasteiger partial charge >= 0.3 is 21.7 Å². The van der Waals surface area contributed by atoms with E-state index < -0.39 is 0 Å². The zero-order valence-electron chi connectivity index (χ0n) is 4.65. The van der Waals surface area contributed by atoms with Crippen molar-refractivity contribution in [1.82, 2.24) is 0 Å². The van der Waals surface area contributed by atoms with Crippen LogP contribution in [-0.2, 0) is 21.7 Å². The van der Waals surface area contributed by atoms with Gasteiger partial charge in [0.2, 0.25) is 0 Å². The first-order valence-corrected chi connectivity index (χ1v) is 1.47. The van der Waals surface area contributed by atoms with Crippen molar-refractivity contribution in [3.05, 3.63) is 12.7 Å². The zero-order valence-corrected chi connectivity index (χ0v) is 6.22. The molecule has 1 nitrogen and oxygen atoms in total. The second-order valence-corrected chi connectivity index (χ2v) is 0.632. The van der Waals surface area contributed by atoms with E-state index in [2.05, 4.69) is 5.32 Å². The maximum atomic E-state index is 3.74. The summed E-state index contributed by atoms with van der Waals surface area (Å²) in [4.78, 5) is 0. The third-order valence-corrected chi connectivity index (χ3v) is 0.316. The van der Waals surface area contributed by atoms with Crippen LogP contribution in [0.1, 0.15) is 6.92 Å². The van der Waals surface area contributed by atoms with Crippen molar-refractivity contribution >= 4 is 0 Å². The summed E-state index contributed by atoms with van der Waals surface area (Å²) in [7, 11) is 1.81. The minimum absolute atomic E-state index is 0. The Morgan fingerprint density at radius 2 is 1.67 bits per heavy atom. The van der Waals surface area contributed by atoms with Crippen LogP contribution in [0.25, 0.3) is 5.32 Å². The third kappa shape index (κ3) is 22.5. The van der Waals surface area contributed by atoms with Crippen LogP contribution in [-0.4, -0.2) is 13.6 Å². The summed E-state index contributed by atoms with van der Waals surface area (Å²) < 4.78 is 0. The normalized spacial score (nSPS) is 5.00. The van der Waals surface area contributed by atoms with Crippen molar-refractivity contribution in [3.63, 3.8) is 0 Å². The van der Waals surface area contributed by atoms with Gasteiger partial charge in [-0.25, -0.2) is 0 Å². The molecule has 0 heterocycles. The van der Waals surface area contributed by atoms with Crippen LogP contribution in [0.2, 0.25) is 0 Å². The molecule has 0 amide bonds. The van der Waals surface area contributed by atoms with E-state index in [9.17, 15) is 0 Å². The first kappa shape index (κ1) is 15.9. The van der Waals surface area contributed by atoms with Gasteiger partial charge < -0.3 is 12.7 Å². The Balaban J connectivity index is -0.0000000450. The van der Waals surface area contributed by atoms with Gasteiger partial charge in [0, 0.05) is 0 Å². The maximum absolute atomic E-state index is 3.74. The molecule has 0 aliphatic carbocycles. The van der Waals surface area contributed by atoms with Crippen molar-refractivity contribution in [1.29, 1.82) is 0 Å². The predicted molar refractivity (Wildman–Crippen MR) is 26.2 cm³/mol. The van der Waals surface area contributed by atoms with E-state index in [1.165, 1.54) is 0 Å². The second-order valence-electron chi connectivity index (χ2n) is 0.632.